The maximum Gasteiger partial charge on any atom is 0.243 e. The Morgan fingerprint density at radius 1 is 0.615 bits per heavy atom. The van der Waals surface area contributed by atoms with Crippen LogP contribution < -0.4 is 32.3 Å². The first-order valence-electron chi connectivity index (χ1n) is 22.2. The molecule has 13 nitrogen and oxygen atoms in total. The minimum Gasteiger partial charge on any atom is -0.370 e. The van der Waals surface area contributed by atoms with Crippen molar-refractivity contribution >= 4 is 67.9 Å². The summed E-state index contributed by atoms with van der Waals surface area (Å²) in [4.78, 5) is 76.7. The van der Waals surface area contributed by atoms with Gasteiger partial charge in [-0.05, 0) is 84.0 Å². The Balaban J connectivity index is 1.07. The molecule has 0 saturated carbocycles. The lowest BCUT2D eigenvalue weighted by Crippen LogP contribution is -2.59. The average molecular weight is 873 g/mol. The topological polar surface area (TPSA) is 200 Å². The number of unbranched alkanes of at least 4 members (excludes halogenated alkanes) is 1. The van der Waals surface area contributed by atoms with Gasteiger partial charge in [0.25, 0.3) is 0 Å². The number of aromatic nitrogens is 2. The van der Waals surface area contributed by atoms with Gasteiger partial charge < -0.3 is 37.3 Å². The van der Waals surface area contributed by atoms with Crippen LogP contribution >= 0.6 is 0 Å². The van der Waals surface area contributed by atoms with E-state index in [1.165, 1.54) is 0 Å². The molecule has 4 unspecified atom stereocenters. The van der Waals surface area contributed by atoms with Crippen molar-refractivity contribution in [2.24, 2.45) is 5.73 Å². The van der Waals surface area contributed by atoms with E-state index >= 15 is 0 Å². The first kappa shape index (κ1) is 45.5. The van der Waals surface area contributed by atoms with E-state index in [0.717, 1.165) is 60.6 Å². The van der Waals surface area contributed by atoms with E-state index < -0.39 is 47.8 Å². The van der Waals surface area contributed by atoms with Gasteiger partial charge in [-0.2, -0.15) is 0 Å². The number of aryl methyl sites for hydroxylation is 1. The summed E-state index contributed by atoms with van der Waals surface area (Å²) in [6.45, 7) is 4.34. The molecule has 0 aliphatic rings. The molecular formula is C52H56N8O5. The Labute approximate surface area is 378 Å². The molecule has 0 bridgehead atoms. The van der Waals surface area contributed by atoms with Gasteiger partial charge in [-0.1, -0.05) is 110 Å². The van der Waals surface area contributed by atoms with Crippen LogP contribution in [0.2, 0.25) is 0 Å². The lowest BCUT2D eigenvalue weighted by atomic mass is 9.99. The minimum absolute atomic E-state index is 0.0675. The van der Waals surface area contributed by atoms with Crippen LogP contribution in [0.25, 0.3) is 32.6 Å². The van der Waals surface area contributed by atoms with Crippen molar-refractivity contribution in [2.75, 3.05) is 11.9 Å². The summed E-state index contributed by atoms with van der Waals surface area (Å²) in [6, 6.07) is 36.3. The number of anilines is 1. The van der Waals surface area contributed by atoms with E-state index in [0.29, 0.717) is 19.4 Å². The number of nitrogens with zero attached hydrogens (tertiary/aromatic N) is 1. The molecular weight excluding hydrogens is 817 g/mol. The van der Waals surface area contributed by atoms with Crippen molar-refractivity contribution in [3.63, 3.8) is 0 Å². The van der Waals surface area contributed by atoms with Crippen LogP contribution in [0.15, 0.2) is 134 Å². The Morgan fingerprint density at radius 3 is 2.02 bits per heavy atom. The molecule has 0 radical (unpaired) electrons. The first-order chi connectivity index (χ1) is 31.5. The fraction of sp³-hybridized carbons (Fsp3) is 0.269. The SMILES string of the molecule is CCC(=O)NC(Cc1ccc2ccccc2c1)C(=O)NC(Cc1c[nH]c2ccccc12)C(=O)NC(Cc1ccccc1)C(=O)NC(CCCCNc1ccc2cc(C)ccc2n1)C(N)=O. The zero-order chi connectivity index (χ0) is 45.7. The molecule has 2 aromatic heterocycles. The number of nitrogens with two attached hydrogens (primary N) is 1. The third-order valence-corrected chi connectivity index (χ3v) is 11.6. The van der Waals surface area contributed by atoms with Gasteiger partial charge >= 0.3 is 0 Å². The summed E-state index contributed by atoms with van der Waals surface area (Å²) in [6.07, 6.45) is 3.80. The Bertz CT molecular complexity index is 2790. The number of fused-ring (bicyclic) bond motifs is 3. The number of amides is 5. The van der Waals surface area contributed by atoms with Crippen molar-refractivity contribution in [1.82, 2.24) is 31.2 Å². The molecule has 7 rings (SSSR count). The molecule has 4 atom stereocenters. The van der Waals surface area contributed by atoms with Crippen LogP contribution in [0.4, 0.5) is 5.82 Å². The maximum atomic E-state index is 14.6. The van der Waals surface area contributed by atoms with Gasteiger partial charge in [-0.3, -0.25) is 24.0 Å². The zero-order valence-corrected chi connectivity index (χ0v) is 36.7. The number of hydrogen-bond acceptors (Lipinski definition) is 7. The summed E-state index contributed by atoms with van der Waals surface area (Å²) < 4.78 is 0. The van der Waals surface area contributed by atoms with Crippen LogP contribution in [-0.4, -0.2) is 70.2 Å². The van der Waals surface area contributed by atoms with Crippen molar-refractivity contribution in [3.8, 4) is 0 Å². The molecule has 0 aliphatic heterocycles. The number of carbonyl (C=O) groups excluding carboxylic acids is 5. The molecule has 7 aromatic rings. The lowest BCUT2D eigenvalue weighted by molar-refractivity contribution is -0.134. The smallest absolute Gasteiger partial charge is 0.243 e. The van der Waals surface area contributed by atoms with Gasteiger partial charge in [0.2, 0.25) is 29.5 Å². The van der Waals surface area contributed by atoms with E-state index in [2.05, 4.69) is 42.6 Å². The van der Waals surface area contributed by atoms with Gasteiger partial charge in [0, 0.05) is 54.7 Å². The number of aromatic amines is 1. The largest absolute Gasteiger partial charge is 0.370 e. The van der Waals surface area contributed by atoms with Gasteiger partial charge in [0.1, 0.15) is 30.0 Å². The van der Waals surface area contributed by atoms with E-state index in [9.17, 15) is 24.0 Å². The highest BCUT2D eigenvalue weighted by Crippen LogP contribution is 2.21. The van der Waals surface area contributed by atoms with Crippen LogP contribution in [0.5, 0.6) is 0 Å². The van der Waals surface area contributed by atoms with Crippen LogP contribution in [-0.2, 0) is 43.2 Å². The molecule has 0 spiro atoms. The summed E-state index contributed by atoms with van der Waals surface area (Å²) in [5, 5.41) is 18.8. The second kappa shape index (κ2) is 21.7. The number of H-pyrrole nitrogens is 1. The van der Waals surface area contributed by atoms with Crippen LogP contribution in [0, 0.1) is 6.92 Å². The lowest BCUT2D eigenvalue weighted by Gasteiger charge is -2.26. The number of carbonyl (C=O) groups is 5. The second-order valence-corrected chi connectivity index (χ2v) is 16.5. The summed E-state index contributed by atoms with van der Waals surface area (Å²) in [5.41, 5.74) is 11.1. The maximum absolute atomic E-state index is 14.6. The number of rotatable bonds is 21. The predicted octanol–water partition coefficient (Wildman–Crippen LogP) is 6.32. The standard InChI is InChI=1S/C52H56N8O5/c1-3-48(61)57-44(30-35-21-22-36-15-7-8-16-37(36)28-35)50(63)60-46(31-39-32-55-42-18-10-9-17-40(39)42)52(65)59-45(29-34-13-5-4-6-14-34)51(64)58-43(49(53)62)19-11-12-26-54-47-25-23-38-27-33(2)20-24-41(38)56-47/h4-10,13-18,20-25,27-28,32,43-46,55H,3,11-12,19,26,29-31H2,1-2H3,(H2,53,62)(H,54,56)(H,57,61)(H,58,64)(H,59,65)(H,60,63). The third kappa shape index (κ3) is 12.3. The second-order valence-electron chi connectivity index (χ2n) is 16.5. The molecule has 65 heavy (non-hydrogen) atoms. The molecule has 2 heterocycles. The molecule has 0 aliphatic carbocycles. The highest BCUT2D eigenvalue weighted by molar-refractivity contribution is 5.96. The fourth-order valence-electron chi connectivity index (χ4n) is 8.03. The highest BCUT2D eigenvalue weighted by atomic mass is 16.2. The normalized spacial score (nSPS) is 13.1. The third-order valence-electron chi connectivity index (χ3n) is 11.6. The van der Waals surface area contributed by atoms with E-state index in [4.69, 9.17) is 5.73 Å². The Hall–Kier alpha value is -7.54. The highest BCUT2D eigenvalue weighted by Gasteiger charge is 2.32. The molecule has 334 valence electrons. The van der Waals surface area contributed by atoms with E-state index in [1.54, 1.807) is 13.1 Å². The summed E-state index contributed by atoms with van der Waals surface area (Å²) in [5.74, 6) is -2.05. The summed E-state index contributed by atoms with van der Waals surface area (Å²) >= 11 is 0. The van der Waals surface area contributed by atoms with E-state index in [-0.39, 0.29) is 38.0 Å². The van der Waals surface area contributed by atoms with E-state index in [1.807, 2.05) is 128 Å². The number of primary amides is 1. The number of para-hydroxylation sites is 1. The van der Waals surface area contributed by atoms with Gasteiger partial charge in [-0.25, -0.2) is 4.98 Å². The number of nitrogens with one attached hydrogen (secondary N) is 6. The predicted molar refractivity (Wildman–Crippen MR) is 256 cm³/mol. The van der Waals surface area contributed by atoms with Crippen LogP contribution in [0.3, 0.4) is 0 Å². The van der Waals surface area contributed by atoms with Gasteiger partial charge in [0.05, 0.1) is 5.52 Å². The van der Waals surface area contributed by atoms with Crippen molar-refractivity contribution in [1.29, 1.82) is 0 Å². The molecule has 0 fully saturated rings. The van der Waals surface area contributed by atoms with Crippen molar-refractivity contribution in [3.05, 3.63) is 156 Å². The fourth-order valence-corrected chi connectivity index (χ4v) is 8.03. The van der Waals surface area contributed by atoms with Crippen LogP contribution in [0.1, 0.15) is 54.9 Å². The first-order valence-corrected chi connectivity index (χ1v) is 22.2. The zero-order valence-electron chi connectivity index (χ0n) is 36.7. The van der Waals surface area contributed by atoms with Gasteiger partial charge in [-0.15, -0.1) is 0 Å². The molecule has 5 amide bonds. The summed E-state index contributed by atoms with van der Waals surface area (Å²) in [7, 11) is 0. The molecule has 8 N–H and O–H groups in total. The number of pyridine rings is 1. The molecule has 0 saturated heterocycles. The number of hydrogen-bond donors (Lipinski definition) is 7. The minimum atomic E-state index is -1.17. The van der Waals surface area contributed by atoms with Crippen molar-refractivity contribution < 1.29 is 24.0 Å². The molecule has 5 aromatic carbocycles. The molecule has 13 heteroatoms. The Kier molecular flexibility index (Phi) is 15.2. The Morgan fingerprint density at radius 2 is 1.26 bits per heavy atom. The van der Waals surface area contributed by atoms with Crippen molar-refractivity contribution in [2.45, 2.75) is 83.0 Å². The quantitative estimate of drug-likeness (QED) is 0.0410. The number of benzene rings is 5. The van der Waals surface area contributed by atoms with Gasteiger partial charge in [0.15, 0.2) is 0 Å². The monoisotopic (exact) mass is 872 g/mol. The average Bonchev–Trinajstić information content (AvgIpc) is 3.72.